The molecule has 0 spiro atoms. The number of aliphatic hydroxyl groups excluding tert-OH is 3. The fourth-order valence-electron chi connectivity index (χ4n) is 4.33. The van der Waals surface area contributed by atoms with Crippen LogP contribution in [0.4, 0.5) is 0 Å². The lowest BCUT2D eigenvalue weighted by Gasteiger charge is -2.46. The average molecular weight is 497 g/mol. The summed E-state index contributed by atoms with van der Waals surface area (Å²) in [5.74, 6) is 0. The van der Waals surface area contributed by atoms with Gasteiger partial charge in [-0.25, -0.2) is 0 Å². The highest BCUT2D eigenvalue weighted by molar-refractivity contribution is 5.16. The van der Waals surface area contributed by atoms with E-state index in [-0.39, 0.29) is 19.8 Å². The Balaban J connectivity index is 1.57. The van der Waals surface area contributed by atoms with Crippen LogP contribution in [0.5, 0.6) is 0 Å². The van der Waals surface area contributed by atoms with Crippen LogP contribution in [0, 0.1) is 0 Å². The second-order valence-electron chi connectivity index (χ2n) is 8.69. The van der Waals surface area contributed by atoms with Gasteiger partial charge in [0.2, 0.25) is 0 Å². The Hall–Kier alpha value is -2.66. The molecule has 0 aromatic heterocycles. The van der Waals surface area contributed by atoms with Crippen LogP contribution in [-0.2, 0) is 38.8 Å². The molecule has 0 saturated heterocycles. The lowest BCUT2D eigenvalue weighted by Crippen LogP contribution is -2.66. The highest BCUT2D eigenvalue weighted by Gasteiger charge is 2.53. The normalized spacial score (nSPS) is 26.2. The molecule has 0 amide bonds. The average Bonchev–Trinajstić information content (AvgIpc) is 2.90. The van der Waals surface area contributed by atoms with Crippen LogP contribution in [0.2, 0.25) is 0 Å². The molecule has 36 heavy (non-hydrogen) atoms. The molecule has 0 unspecified atom stereocenters. The Morgan fingerprint density at radius 2 is 0.833 bits per heavy atom. The summed E-state index contributed by atoms with van der Waals surface area (Å²) < 4.78 is 23.4. The third kappa shape index (κ3) is 6.97. The first-order valence-electron chi connectivity index (χ1n) is 11.9. The molecule has 1 fully saturated rings. The maximum Gasteiger partial charge on any atom is 0.266 e. The lowest BCUT2D eigenvalue weighted by atomic mass is 9.84. The molecule has 3 aromatic rings. The molecular formula is C28H32O8. The Labute approximate surface area is 210 Å². The molecule has 0 aliphatic heterocycles. The largest absolute Gasteiger partial charge is 0.387 e. The SMILES string of the molecule is OC(O)O[C@@H]1[C@@H](OCc2ccccc2)[C@H](O)[C@@H](OCc2ccccc2)[C@H](O)[C@@H]1OCc1ccccc1. The summed E-state index contributed by atoms with van der Waals surface area (Å²) in [6.45, 7) is -1.78. The molecule has 4 rings (SSSR count). The summed E-state index contributed by atoms with van der Waals surface area (Å²) in [5, 5.41) is 41.7. The number of rotatable bonds is 11. The minimum Gasteiger partial charge on any atom is -0.387 e. The van der Waals surface area contributed by atoms with Gasteiger partial charge in [-0.3, -0.25) is 0 Å². The number of benzene rings is 3. The molecular weight excluding hydrogens is 464 g/mol. The van der Waals surface area contributed by atoms with Crippen molar-refractivity contribution in [2.75, 3.05) is 0 Å². The summed E-state index contributed by atoms with van der Waals surface area (Å²) >= 11 is 0. The predicted octanol–water partition coefficient (Wildman–Crippen LogP) is 2.13. The fourth-order valence-corrected chi connectivity index (χ4v) is 4.33. The topological polar surface area (TPSA) is 118 Å². The number of aliphatic hydroxyl groups is 4. The van der Waals surface area contributed by atoms with Crippen molar-refractivity contribution in [2.45, 2.75) is 62.9 Å². The van der Waals surface area contributed by atoms with E-state index < -0.39 is 43.1 Å². The molecule has 192 valence electrons. The van der Waals surface area contributed by atoms with Crippen molar-refractivity contribution >= 4 is 0 Å². The fraction of sp³-hybridized carbons (Fsp3) is 0.357. The molecule has 1 aliphatic carbocycles. The van der Waals surface area contributed by atoms with Gasteiger partial charge in [-0.1, -0.05) is 91.0 Å². The van der Waals surface area contributed by atoms with E-state index in [2.05, 4.69) is 0 Å². The van der Waals surface area contributed by atoms with E-state index >= 15 is 0 Å². The smallest absolute Gasteiger partial charge is 0.266 e. The van der Waals surface area contributed by atoms with Crippen LogP contribution in [0.25, 0.3) is 0 Å². The molecule has 0 heterocycles. The maximum absolute atomic E-state index is 11.2. The van der Waals surface area contributed by atoms with Crippen molar-refractivity contribution in [1.29, 1.82) is 0 Å². The highest BCUT2D eigenvalue weighted by Crippen LogP contribution is 2.32. The standard InChI is InChI=1S/C28H32O8/c29-22-24(33-16-19-10-4-1-5-11-19)23(30)26(35-18-21-14-8-3-9-15-21)27(36-28(31)32)25(22)34-17-20-12-6-2-7-13-20/h1-15,22-32H,16-18H2/t22-,23+,24-,25-,26-,27-/m0/s1. The predicted molar refractivity (Wildman–Crippen MR) is 130 cm³/mol. The van der Waals surface area contributed by atoms with Crippen LogP contribution in [0.15, 0.2) is 91.0 Å². The van der Waals surface area contributed by atoms with E-state index in [9.17, 15) is 20.4 Å². The first-order chi connectivity index (χ1) is 17.5. The van der Waals surface area contributed by atoms with Crippen LogP contribution >= 0.6 is 0 Å². The highest BCUT2D eigenvalue weighted by atomic mass is 16.7. The van der Waals surface area contributed by atoms with Crippen molar-refractivity contribution < 1.29 is 39.4 Å². The molecule has 0 radical (unpaired) electrons. The van der Waals surface area contributed by atoms with Gasteiger partial charge >= 0.3 is 0 Å². The van der Waals surface area contributed by atoms with Crippen LogP contribution in [0.3, 0.4) is 0 Å². The Kier molecular flexibility index (Phi) is 9.57. The van der Waals surface area contributed by atoms with Crippen LogP contribution in [-0.4, -0.2) is 63.5 Å². The van der Waals surface area contributed by atoms with Crippen molar-refractivity contribution in [3.05, 3.63) is 108 Å². The number of ether oxygens (including phenoxy) is 4. The van der Waals surface area contributed by atoms with Gasteiger partial charge in [-0.2, -0.15) is 0 Å². The Morgan fingerprint density at radius 1 is 0.500 bits per heavy atom. The summed E-state index contributed by atoms with van der Waals surface area (Å²) in [5.41, 5.74) is 2.56. The van der Waals surface area contributed by atoms with Gasteiger partial charge < -0.3 is 39.4 Å². The Morgan fingerprint density at radius 3 is 1.17 bits per heavy atom. The summed E-state index contributed by atoms with van der Waals surface area (Å²) in [6, 6.07) is 28.1. The zero-order valence-corrected chi connectivity index (χ0v) is 19.7. The van der Waals surface area contributed by atoms with E-state index in [1.807, 2.05) is 91.0 Å². The maximum atomic E-state index is 11.2. The Bertz CT molecular complexity index is 960. The van der Waals surface area contributed by atoms with Crippen LogP contribution < -0.4 is 0 Å². The molecule has 4 N–H and O–H groups in total. The quantitative estimate of drug-likeness (QED) is 0.298. The van der Waals surface area contributed by atoms with Crippen molar-refractivity contribution in [2.24, 2.45) is 0 Å². The second-order valence-corrected chi connectivity index (χ2v) is 8.69. The van der Waals surface area contributed by atoms with Crippen molar-refractivity contribution in [3.63, 3.8) is 0 Å². The van der Waals surface area contributed by atoms with Gasteiger partial charge in [0.05, 0.1) is 19.8 Å². The lowest BCUT2D eigenvalue weighted by molar-refractivity contribution is -0.331. The van der Waals surface area contributed by atoms with Gasteiger partial charge in [0, 0.05) is 0 Å². The zero-order chi connectivity index (χ0) is 25.3. The van der Waals surface area contributed by atoms with Crippen molar-refractivity contribution in [3.8, 4) is 0 Å². The molecule has 6 atom stereocenters. The van der Waals surface area contributed by atoms with Gasteiger partial charge in [0.15, 0.2) is 0 Å². The summed E-state index contributed by atoms with van der Waals surface area (Å²) in [4.78, 5) is 0. The van der Waals surface area contributed by atoms with E-state index in [0.29, 0.717) is 0 Å². The first kappa shape index (κ1) is 26.4. The molecule has 8 nitrogen and oxygen atoms in total. The summed E-state index contributed by atoms with van der Waals surface area (Å²) in [7, 11) is 0. The molecule has 1 aliphatic rings. The third-order valence-corrected chi connectivity index (χ3v) is 6.13. The second kappa shape index (κ2) is 13.0. The van der Waals surface area contributed by atoms with E-state index in [4.69, 9.17) is 18.9 Å². The van der Waals surface area contributed by atoms with Gasteiger partial charge in [0.25, 0.3) is 6.48 Å². The van der Waals surface area contributed by atoms with Gasteiger partial charge in [-0.05, 0) is 16.7 Å². The number of hydrogen-bond donors (Lipinski definition) is 4. The van der Waals surface area contributed by atoms with E-state index in [0.717, 1.165) is 16.7 Å². The molecule has 1 saturated carbocycles. The third-order valence-electron chi connectivity index (χ3n) is 6.13. The summed E-state index contributed by atoms with van der Waals surface area (Å²) in [6.07, 6.45) is -7.13. The minimum atomic E-state index is -2.16. The zero-order valence-electron chi connectivity index (χ0n) is 19.7. The minimum absolute atomic E-state index is 0.122. The van der Waals surface area contributed by atoms with Crippen molar-refractivity contribution in [1.82, 2.24) is 0 Å². The van der Waals surface area contributed by atoms with Gasteiger partial charge in [0.1, 0.15) is 36.6 Å². The molecule has 0 bridgehead atoms. The first-order valence-corrected chi connectivity index (χ1v) is 11.9. The van der Waals surface area contributed by atoms with Crippen LogP contribution in [0.1, 0.15) is 16.7 Å². The van der Waals surface area contributed by atoms with Gasteiger partial charge in [-0.15, -0.1) is 0 Å². The van der Waals surface area contributed by atoms with E-state index in [1.54, 1.807) is 0 Å². The number of hydrogen-bond acceptors (Lipinski definition) is 8. The molecule has 3 aromatic carbocycles. The molecule has 8 heteroatoms. The monoisotopic (exact) mass is 496 g/mol. The van der Waals surface area contributed by atoms with E-state index in [1.165, 1.54) is 0 Å².